The Morgan fingerprint density at radius 1 is 1.29 bits per heavy atom. The average Bonchev–Trinajstić information content (AvgIpc) is 2.46. The number of hydrazine groups is 1. The lowest BCUT2D eigenvalue weighted by atomic mass is 9.71. The van der Waals surface area contributed by atoms with E-state index in [2.05, 4.69) is 5.32 Å². The van der Waals surface area contributed by atoms with Gasteiger partial charge in [-0.3, -0.25) is 15.4 Å². The number of nitrogens with one attached hydrogen (secondary N) is 1. The molecule has 0 radical (unpaired) electrons. The molecule has 1 amide bonds. The smallest absolute Gasteiger partial charge is 0.306 e. The number of ether oxygens (including phenoxy) is 1. The Morgan fingerprint density at radius 3 is 2.52 bits per heavy atom. The zero-order valence-corrected chi connectivity index (χ0v) is 12.9. The molecule has 1 aliphatic carbocycles. The van der Waals surface area contributed by atoms with E-state index in [4.69, 9.17) is 16.3 Å². The highest BCUT2D eigenvalue weighted by atomic mass is 16.5. The molecule has 0 aromatic carbocycles. The van der Waals surface area contributed by atoms with E-state index < -0.39 is 0 Å². The summed E-state index contributed by atoms with van der Waals surface area (Å²) in [5.41, 5.74) is 5.21. The molecule has 7 heteroatoms. The van der Waals surface area contributed by atoms with Crippen LogP contribution in [0.25, 0.3) is 0 Å². The van der Waals surface area contributed by atoms with Crippen molar-refractivity contribution in [3.63, 3.8) is 0 Å². The van der Waals surface area contributed by atoms with Crippen LogP contribution in [0.1, 0.15) is 38.5 Å². The first-order valence-corrected chi connectivity index (χ1v) is 7.54. The highest BCUT2D eigenvalue weighted by Gasteiger charge is 2.35. The molecule has 7 nitrogen and oxygen atoms in total. The summed E-state index contributed by atoms with van der Waals surface area (Å²) in [6.45, 7) is 1.50. The lowest BCUT2D eigenvalue weighted by molar-refractivity contribution is -0.144. The van der Waals surface area contributed by atoms with Crippen molar-refractivity contribution in [3.05, 3.63) is 0 Å². The van der Waals surface area contributed by atoms with Crippen molar-refractivity contribution in [1.29, 1.82) is 0 Å². The largest absolute Gasteiger partial charge is 0.469 e. The quantitative estimate of drug-likeness (QED) is 0.324. The van der Waals surface area contributed by atoms with Crippen LogP contribution in [0.2, 0.25) is 0 Å². The molecule has 122 valence electrons. The molecule has 0 bridgehead atoms. The van der Waals surface area contributed by atoms with Gasteiger partial charge in [-0.15, -0.1) is 0 Å². The van der Waals surface area contributed by atoms with Gasteiger partial charge in [0.15, 0.2) is 0 Å². The predicted molar refractivity (Wildman–Crippen MR) is 80.0 cm³/mol. The maximum atomic E-state index is 11.9. The van der Waals surface area contributed by atoms with Gasteiger partial charge in [0.25, 0.3) is 0 Å². The molecule has 0 unspecified atom stereocenters. The van der Waals surface area contributed by atoms with Crippen LogP contribution in [0.15, 0.2) is 0 Å². The van der Waals surface area contributed by atoms with Gasteiger partial charge in [-0.05, 0) is 18.3 Å². The van der Waals surface area contributed by atoms with E-state index in [9.17, 15) is 9.59 Å². The Balaban J connectivity index is 2.49. The van der Waals surface area contributed by atoms with Crippen molar-refractivity contribution in [2.45, 2.75) is 38.5 Å². The van der Waals surface area contributed by atoms with E-state index in [1.165, 1.54) is 18.5 Å². The summed E-state index contributed by atoms with van der Waals surface area (Å²) in [5.74, 6) is 5.30. The lowest BCUT2D eigenvalue weighted by Gasteiger charge is -2.36. The molecule has 0 spiro atoms. The highest BCUT2D eigenvalue weighted by molar-refractivity contribution is 5.78. The maximum absolute atomic E-state index is 11.9. The Labute approximate surface area is 126 Å². The second-order valence-corrected chi connectivity index (χ2v) is 5.85. The first kappa shape index (κ1) is 17.9. The first-order chi connectivity index (χ1) is 10.0. The average molecular weight is 300 g/mol. The minimum atomic E-state index is -0.213. The van der Waals surface area contributed by atoms with Crippen LogP contribution in [0.4, 0.5) is 0 Å². The van der Waals surface area contributed by atoms with Crippen LogP contribution in [-0.2, 0) is 14.3 Å². The zero-order chi connectivity index (χ0) is 15.7. The third-order valence-corrected chi connectivity index (χ3v) is 4.08. The fourth-order valence-electron chi connectivity index (χ4n) is 2.87. The summed E-state index contributed by atoms with van der Waals surface area (Å²) in [5, 5.41) is 4.29. The molecule has 0 aliphatic heterocycles. The van der Waals surface area contributed by atoms with Crippen LogP contribution in [0, 0.1) is 5.41 Å². The van der Waals surface area contributed by atoms with Gasteiger partial charge >= 0.3 is 5.97 Å². The van der Waals surface area contributed by atoms with E-state index in [0.29, 0.717) is 26.1 Å². The molecule has 1 rings (SSSR count). The Kier molecular flexibility index (Phi) is 7.63. The molecule has 0 aromatic rings. The van der Waals surface area contributed by atoms with E-state index in [0.717, 1.165) is 25.7 Å². The number of hydrogen-bond acceptors (Lipinski definition) is 6. The molecule has 0 heterocycles. The van der Waals surface area contributed by atoms with E-state index in [-0.39, 0.29) is 23.8 Å². The van der Waals surface area contributed by atoms with Gasteiger partial charge in [-0.1, -0.05) is 19.3 Å². The number of methoxy groups -OCH3 is 1. The molecule has 21 heavy (non-hydrogen) atoms. The molecule has 5 N–H and O–H groups in total. The molecule has 1 fully saturated rings. The van der Waals surface area contributed by atoms with Gasteiger partial charge in [0.2, 0.25) is 5.91 Å². The fourth-order valence-corrected chi connectivity index (χ4v) is 2.87. The maximum Gasteiger partial charge on any atom is 0.306 e. The number of nitrogens with zero attached hydrogens (tertiary/aromatic N) is 1. The van der Waals surface area contributed by atoms with Gasteiger partial charge in [-0.2, -0.15) is 0 Å². The normalized spacial score (nSPS) is 17.5. The monoisotopic (exact) mass is 300 g/mol. The lowest BCUT2D eigenvalue weighted by Crippen LogP contribution is -2.47. The van der Waals surface area contributed by atoms with Gasteiger partial charge in [-0.25, -0.2) is 5.01 Å². The summed E-state index contributed by atoms with van der Waals surface area (Å²) in [6, 6.07) is 0. The summed E-state index contributed by atoms with van der Waals surface area (Å²) in [6.07, 6.45) is 5.60. The van der Waals surface area contributed by atoms with Gasteiger partial charge in [0, 0.05) is 19.6 Å². The minimum Gasteiger partial charge on any atom is -0.469 e. The van der Waals surface area contributed by atoms with Crippen molar-refractivity contribution in [1.82, 2.24) is 10.3 Å². The van der Waals surface area contributed by atoms with Crippen molar-refractivity contribution in [2.75, 3.05) is 33.3 Å². The second-order valence-electron chi connectivity index (χ2n) is 5.85. The molecule has 0 saturated heterocycles. The summed E-state index contributed by atoms with van der Waals surface area (Å²) in [7, 11) is 1.40. The molecule has 1 aliphatic rings. The highest BCUT2D eigenvalue weighted by Crippen LogP contribution is 2.39. The van der Waals surface area contributed by atoms with Crippen LogP contribution >= 0.6 is 0 Å². The van der Waals surface area contributed by atoms with Crippen LogP contribution in [0.3, 0.4) is 0 Å². The Hall–Kier alpha value is -1.18. The first-order valence-electron chi connectivity index (χ1n) is 7.54. The van der Waals surface area contributed by atoms with E-state index >= 15 is 0 Å². The zero-order valence-electron chi connectivity index (χ0n) is 12.9. The van der Waals surface area contributed by atoms with E-state index in [1.807, 2.05) is 0 Å². The molecule has 1 saturated carbocycles. The molecular formula is C14H28N4O3. The van der Waals surface area contributed by atoms with Gasteiger partial charge in [0.05, 0.1) is 20.1 Å². The van der Waals surface area contributed by atoms with Crippen molar-refractivity contribution >= 4 is 11.9 Å². The van der Waals surface area contributed by atoms with Crippen molar-refractivity contribution in [3.8, 4) is 0 Å². The number of esters is 1. The number of hydrogen-bond donors (Lipinski definition) is 3. The van der Waals surface area contributed by atoms with Crippen LogP contribution < -0.4 is 16.9 Å². The Morgan fingerprint density at radius 2 is 1.95 bits per heavy atom. The van der Waals surface area contributed by atoms with Crippen molar-refractivity contribution in [2.24, 2.45) is 17.0 Å². The van der Waals surface area contributed by atoms with E-state index in [1.54, 1.807) is 0 Å². The van der Waals surface area contributed by atoms with Crippen molar-refractivity contribution < 1.29 is 14.3 Å². The van der Waals surface area contributed by atoms with Gasteiger partial charge < -0.3 is 15.8 Å². The molecular weight excluding hydrogens is 272 g/mol. The van der Waals surface area contributed by atoms with Gasteiger partial charge in [0.1, 0.15) is 0 Å². The standard InChI is InChI=1S/C14H28N4O3/c1-21-13(20)9-14(5-3-2-4-6-14)11-17-12(19)10-18(16)8-7-15/h2-11,15-16H2,1H3,(H,17,19). The number of amides is 1. The molecule has 0 atom stereocenters. The fraction of sp³-hybridized carbons (Fsp3) is 0.857. The number of nitrogens with two attached hydrogens (primary N) is 2. The third kappa shape index (κ3) is 6.41. The SMILES string of the molecule is COC(=O)CC1(CNC(=O)CN(N)CCN)CCCCC1. The second kappa shape index (κ2) is 8.96. The predicted octanol–water partition coefficient (Wildman–Crippen LogP) is -0.249. The summed E-state index contributed by atoms with van der Waals surface area (Å²) < 4.78 is 4.79. The number of rotatable bonds is 8. The topological polar surface area (TPSA) is 111 Å². The number of carbonyl (C=O) groups excluding carboxylic acids is 2. The third-order valence-electron chi connectivity index (χ3n) is 4.08. The Bertz CT molecular complexity index is 343. The minimum absolute atomic E-state index is 0.117. The summed E-state index contributed by atoms with van der Waals surface area (Å²) >= 11 is 0. The number of carbonyl (C=O) groups is 2. The van der Waals surface area contributed by atoms with Crippen LogP contribution in [0.5, 0.6) is 0 Å². The summed E-state index contributed by atoms with van der Waals surface area (Å²) in [4.78, 5) is 23.5. The van der Waals surface area contributed by atoms with Crippen LogP contribution in [-0.4, -0.2) is 50.2 Å². The molecule has 0 aromatic heterocycles.